The highest BCUT2D eigenvalue weighted by Gasteiger charge is 2.11. The van der Waals surface area contributed by atoms with Crippen LogP contribution in [0.1, 0.15) is 24.2 Å². The van der Waals surface area contributed by atoms with Crippen molar-refractivity contribution in [3.8, 4) is 0 Å². The van der Waals surface area contributed by atoms with Gasteiger partial charge in [0.2, 0.25) is 0 Å². The summed E-state index contributed by atoms with van der Waals surface area (Å²) in [6.45, 7) is 3.06. The third kappa shape index (κ3) is 3.36. The quantitative estimate of drug-likeness (QED) is 0.852. The third-order valence-electron chi connectivity index (χ3n) is 2.68. The molecule has 0 amide bonds. The first-order valence-corrected chi connectivity index (χ1v) is 5.93. The second-order valence-electron chi connectivity index (χ2n) is 3.92. The summed E-state index contributed by atoms with van der Waals surface area (Å²) < 4.78 is 0. The number of hydrogen-bond acceptors (Lipinski definition) is 3. The maximum atomic E-state index is 4.32. The van der Waals surface area contributed by atoms with E-state index in [-0.39, 0.29) is 0 Å². The molecule has 1 heterocycles. The molecule has 0 aliphatic carbocycles. The molecule has 3 nitrogen and oxygen atoms in total. The molecule has 0 bridgehead atoms. The molecule has 1 aromatic carbocycles. The van der Waals surface area contributed by atoms with E-state index in [1.165, 1.54) is 5.56 Å². The van der Waals surface area contributed by atoms with E-state index in [9.17, 15) is 0 Å². The summed E-state index contributed by atoms with van der Waals surface area (Å²) in [5, 5.41) is 3.48. The van der Waals surface area contributed by atoms with Crippen LogP contribution in [-0.2, 0) is 6.42 Å². The van der Waals surface area contributed by atoms with Crippen molar-refractivity contribution < 1.29 is 0 Å². The van der Waals surface area contributed by atoms with E-state index in [0.717, 1.165) is 18.7 Å². The first kappa shape index (κ1) is 11.7. The Kier molecular flexibility index (Phi) is 4.22. The zero-order valence-electron chi connectivity index (χ0n) is 10.0. The molecule has 2 rings (SSSR count). The number of nitrogens with one attached hydrogen (secondary N) is 1. The monoisotopic (exact) mass is 227 g/mol. The normalized spacial score (nSPS) is 12.3. The molecule has 17 heavy (non-hydrogen) atoms. The molecular formula is C14H17N3. The van der Waals surface area contributed by atoms with E-state index in [2.05, 4.69) is 46.5 Å². The fourth-order valence-corrected chi connectivity index (χ4v) is 1.88. The number of aromatic nitrogens is 2. The molecule has 1 atom stereocenters. The van der Waals surface area contributed by atoms with Crippen molar-refractivity contribution in [2.75, 3.05) is 6.54 Å². The SMILES string of the molecule is CCN[C@@H](Cc1cnccn1)c1ccccc1. The third-order valence-corrected chi connectivity index (χ3v) is 2.68. The second kappa shape index (κ2) is 6.11. The maximum absolute atomic E-state index is 4.32. The number of likely N-dealkylation sites (N-methyl/N-ethyl adjacent to an activating group) is 1. The minimum absolute atomic E-state index is 0.304. The van der Waals surface area contributed by atoms with Crippen LogP contribution in [0.3, 0.4) is 0 Å². The van der Waals surface area contributed by atoms with Gasteiger partial charge in [0, 0.05) is 31.1 Å². The van der Waals surface area contributed by atoms with E-state index >= 15 is 0 Å². The van der Waals surface area contributed by atoms with Crippen molar-refractivity contribution in [1.82, 2.24) is 15.3 Å². The van der Waals surface area contributed by atoms with Crippen LogP contribution in [0.2, 0.25) is 0 Å². The Morgan fingerprint density at radius 1 is 1.18 bits per heavy atom. The van der Waals surface area contributed by atoms with Crippen LogP contribution in [0.15, 0.2) is 48.9 Å². The van der Waals surface area contributed by atoms with Gasteiger partial charge in [-0.2, -0.15) is 0 Å². The Hall–Kier alpha value is -1.74. The molecule has 0 spiro atoms. The van der Waals surface area contributed by atoms with Crippen molar-refractivity contribution in [3.63, 3.8) is 0 Å². The van der Waals surface area contributed by atoms with Crippen LogP contribution >= 0.6 is 0 Å². The molecule has 88 valence electrons. The minimum Gasteiger partial charge on any atom is -0.310 e. The van der Waals surface area contributed by atoms with Gasteiger partial charge in [-0.05, 0) is 12.1 Å². The van der Waals surface area contributed by atoms with Crippen LogP contribution in [-0.4, -0.2) is 16.5 Å². The zero-order chi connectivity index (χ0) is 11.9. The van der Waals surface area contributed by atoms with Crippen molar-refractivity contribution in [1.29, 1.82) is 0 Å². The van der Waals surface area contributed by atoms with Crippen molar-refractivity contribution >= 4 is 0 Å². The maximum Gasteiger partial charge on any atom is 0.0605 e. The molecule has 0 aliphatic rings. The Morgan fingerprint density at radius 3 is 2.65 bits per heavy atom. The number of benzene rings is 1. The predicted molar refractivity (Wildman–Crippen MR) is 68.6 cm³/mol. The molecule has 0 fully saturated rings. The fourth-order valence-electron chi connectivity index (χ4n) is 1.88. The number of nitrogens with zero attached hydrogens (tertiary/aromatic N) is 2. The van der Waals surface area contributed by atoms with E-state index in [0.29, 0.717) is 6.04 Å². The summed E-state index contributed by atoms with van der Waals surface area (Å²) in [5.74, 6) is 0. The summed E-state index contributed by atoms with van der Waals surface area (Å²) in [6, 6.07) is 10.8. The van der Waals surface area contributed by atoms with Crippen LogP contribution < -0.4 is 5.32 Å². The molecule has 3 heteroatoms. The number of rotatable bonds is 5. The van der Waals surface area contributed by atoms with Crippen molar-refractivity contribution in [3.05, 3.63) is 60.2 Å². The lowest BCUT2D eigenvalue weighted by Gasteiger charge is -2.17. The molecule has 0 unspecified atom stereocenters. The summed E-state index contributed by atoms with van der Waals surface area (Å²) in [6.07, 6.45) is 6.14. The minimum atomic E-state index is 0.304. The lowest BCUT2D eigenvalue weighted by Crippen LogP contribution is -2.23. The highest BCUT2D eigenvalue weighted by Crippen LogP contribution is 2.16. The molecule has 1 aromatic heterocycles. The molecule has 0 saturated carbocycles. The van der Waals surface area contributed by atoms with Gasteiger partial charge in [-0.3, -0.25) is 9.97 Å². The summed E-state index contributed by atoms with van der Waals surface area (Å²) in [5.41, 5.74) is 2.31. The summed E-state index contributed by atoms with van der Waals surface area (Å²) in [4.78, 5) is 8.43. The van der Waals surface area contributed by atoms with Crippen molar-refractivity contribution in [2.24, 2.45) is 0 Å². The molecule has 0 radical (unpaired) electrons. The number of hydrogen-bond donors (Lipinski definition) is 1. The average Bonchev–Trinajstić information content (AvgIpc) is 2.40. The molecule has 0 aliphatic heterocycles. The topological polar surface area (TPSA) is 37.8 Å². The first-order chi connectivity index (χ1) is 8.40. The zero-order valence-corrected chi connectivity index (χ0v) is 10.0. The van der Waals surface area contributed by atoms with Gasteiger partial charge in [0.05, 0.1) is 5.69 Å². The van der Waals surface area contributed by atoms with Gasteiger partial charge < -0.3 is 5.32 Å². The lowest BCUT2D eigenvalue weighted by atomic mass is 10.0. The Labute approximate surface area is 102 Å². The predicted octanol–water partition coefficient (Wildman–Crippen LogP) is 2.37. The molecular weight excluding hydrogens is 210 g/mol. The van der Waals surface area contributed by atoms with Gasteiger partial charge >= 0.3 is 0 Å². The Bertz CT molecular complexity index is 428. The Balaban J connectivity index is 2.13. The van der Waals surface area contributed by atoms with Gasteiger partial charge in [0.1, 0.15) is 0 Å². The van der Waals surface area contributed by atoms with Crippen LogP contribution in [0, 0.1) is 0 Å². The van der Waals surface area contributed by atoms with Gasteiger partial charge in [-0.25, -0.2) is 0 Å². The van der Waals surface area contributed by atoms with Crippen LogP contribution in [0.5, 0.6) is 0 Å². The van der Waals surface area contributed by atoms with Crippen molar-refractivity contribution in [2.45, 2.75) is 19.4 Å². The van der Waals surface area contributed by atoms with E-state index in [1.54, 1.807) is 12.4 Å². The summed E-state index contributed by atoms with van der Waals surface area (Å²) >= 11 is 0. The van der Waals surface area contributed by atoms with E-state index in [4.69, 9.17) is 0 Å². The highest BCUT2D eigenvalue weighted by molar-refractivity contribution is 5.20. The molecule has 0 saturated heterocycles. The fraction of sp³-hybridized carbons (Fsp3) is 0.286. The average molecular weight is 227 g/mol. The first-order valence-electron chi connectivity index (χ1n) is 5.93. The van der Waals surface area contributed by atoms with Gasteiger partial charge in [0.25, 0.3) is 0 Å². The second-order valence-corrected chi connectivity index (χ2v) is 3.92. The standard InChI is InChI=1S/C14H17N3/c1-2-16-14(12-6-4-3-5-7-12)10-13-11-15-8-9-17-13/h3-9,11,14,16H,2,10H2,1H3/t14-/m0/s1. The van der Waals surface area contributed by atoms with E-state index in [1.807, 2.05) is 12.3 Å². The lowest BCUT2D eigenvalue weighted by molar-refractivity contribution is 0.543. The van der Waals surface area contributed by atoms with Gasteiger partial charge in [-0.15, -0.1) is 0 Å². The smallest absolute Gasteiger partial charge is 0.0605 e. The molecule has 2 aromatic rings. The summed E-state index contributed by atoms with van der Waals surface area (Å²) in [7, 11) is 0. The van der Waals surface area contributed by atoms with E-state index < -0.39 is 0 Å². The molecule has 1 N–H and O–H groups in total. The van der Waals surface area contributed by atoms with Gasteiger partial charge in [0.15, 0.2) is 0 Å². The van der Waals surface area contributed by atoms with Gasteiger partial charge in [-0.1, -0.05) is 37.3 Å². The highest BCUT2D eigenvalue weighted by atomic mass is 14.9. The Morgan fingerprint density at radius 2 is 2.00 bits per heavy atom. The van der Waals surface area contributed by atoms with Crippen LogP contribution in [0.4, 0.5) is 0 Å². The van der Waals surface area contributed by atoms with Crippen LogP contribution in [0.25, 0.3) is 0 Å². The largest absolute Gasteiger partial charge is 0.310 e.